The molecule has 5 heteroatoms. The maximum Gasteiger partial charge on any atom is 0.163 e. The standard InChI is InChI=1S/C23H28O5/c1-23(2)27-19-13-18(25-14-16-9-5-3-6-10-16)20(24)22(21(19)28-23)26-15-17-11-7-4-8-12-17/h3-12,18-22,24H,13-15H2,1-2H3/t18-,19-,20-,21?,22+/m0/s1. The van der Waals surface area contributed by atoms with E-state index >= 15 is 0 Å². The number of aliphatic hydroxyl groups is 1. The summed E-state index contributed by atoms with van der Waals surface area (Å²) in [5.41, 5.74) is 2.12. The molecule has 5 nitrogen and oxygen atoms in total. The molecule has 5 atom stereocenters. The summed E-state index contributed by atoms with van der Waals surface area (Å²) in [7, 11) is 0. The van der Waals surface area contributed by atoms with Gasteiger partial charge in [0.2, 0.25) is 0 Å². The van der Waals surface area contributed by atoms with Crippen molar-refractivity contribution in [2.75, 3.05) is 0 Å². The topological polar surface area (TPSA) is 57.2 Å². The summed E-state index contributed by atoms with van der Waals surface area (Å²) in [6.45, 7) is 4.63. The van der Waals surface area contributed by atoms with E-state index in [1.54, 1.807) is 0 Å². The molecule has 4 rings (SSSR count). The molecule has 2 aromatic rings. The molecular formula is C23H28O5. The highest BCUT2D eigenvalue weighted by Crippen LogP contribution is 2.39. The van der Waals surface area contributed by atoms with Crippen LogP contribution in [0.2, 0.25) is 0 Å². The average molecular weight is 384 g/mol. The van der Waals surface area contributed by atoms with Gasteiger partial charge in [-0.05, 0) is 25.0 Å². The fourth-order valence-corrected chi connectivity index (χ4v) is 4.00. The first-order chi connectivity index (χ1) is 13.5. The van der Waals surface area contributed by atoms with E-state index in [0.29, 0.717) is 19.6 Å². The number of ether oxygens (including phenoxy) is 4. The van der Waals surface area contributed by atoms with Crippen molar-refractivity contribution in [2.24, 2.45) is 0 Å². The van der Waals surface area contributed by atoms with Gasteiger partial charge in [0.1, 0.15) is 18.3 Å². The molecule has 150 valence electrons. The van der Waals surface area contributed by atoms with Crippen LogP contribution in [0.25, 0.3) is 0 Å². The van der Waals surface area contributed by atoms with Crippen molar-refractivity contribution in [1.82, 2.24) is 0 Å². The third-order valence-electron chi connectivity index (χ3n) is 5.32. The predicted octanol–water partition coefficient (Wildman–Crippen LogP) is 3.44. The first kappa shape index (κ1) is 19.6. The van der Waals surface area contributed by atoms with Gasteiger partial charge >= 0.3 is 0 Å². The van der Waals surface area contributed by atoms with Gasteiger partial charge in [0, 0.05) is 6.42 Å². The summed E-state index contributed by atoms with van der Waals surface area (Å²) in [6, 6.07) is 19.9. The highest BCUT2D eigenvalue weighted by Gasteiger charge is 2.54. The molecule has 1 saturated heterocycles. The molecule has 1 N–H and O–H groups in total. The Morgan fingerprint density at radius 1 is 0.893 bits per heavy atom. The first-order valence-electron chi connectivity index (χ1n) is 9.86. The molecule has 0 bridgehead atoms. The minimum Gasteiger partial charge on any atom is -0.388 e. The largest absolute Gasteiger partial charge is 0.388 e. The Balaban J connectivity index is 1.46. The molecule has 28 heavy (non-hydrogen) atoms. The van der Waals surface area contributed by atoms with Gasteiger partial charge in [-0.3, -0.25) is 0 Å². The Hall–Kier alpha value is -1.76. The van der Waals surface area contributed by atoms with E-state index in [2.05, 4.69) is 0 Å². The predicted molar refractivity (Wildman–Crippen MR) is 104 cm³/mol. The van der Waals surface area contributed by atoms with Gasteiger partial charge in [-0.25, -0.2) is 0 Å². The number of aliphatic hydroxyl groups excluding tert-OH is 1. The molecule has 2 fully saturated rings. The molecule has 0 spiro atoms. The fourth-order valence-electron chi connectivity index (χ4n) is 4.00. The number of fused-ring (bicyclic) bond motifs is 1. The Bertz CT molecular complexity index is 748. The van der Waals surface area contributed by atoms with E-state index < -0.39 is 18.0 Å². The van der Waals surface area contributed by atoms with Crippen molar-refractivity contribution >= 4 is 0 Å². The lowest BCUT2D eigenvalue weighted by Gasteiger charge is -2.40. The average Bonchev–Trinajstić information content (AvgIpc) is 3.01. The van der Waals surface area contributed by atoms with Crippen LogP contribution in [0, 0.1) is 0 Å². The second kappa shape index (κ2) is 8.31. The van der Waals surface area contributed by atoms with Crippen molar-refractivity contribution in [3.63, 3.8) is 0 Å². The molecule has 2 aromatic carbocycles. The monoisotopic (exact) mass is 384 g/mol. The second-order valence-electron chi connectivity index (χ2n) is 7.96. The van der Waals surface area contributed by atoms with E-state index in [-0.39, 0.29) is 18.3 Å². The normalized spacial score (nSPS) is 31.5. The lowest BCUT2D eigenvalue weighted by Crippen LogP contribution is -2.56. The molecule has 0 amide bonds. The van der Waals surface area contributed by atoms with Gasteiger partial charge in [0.25, 0.3) is 0 Å². The molecule has 1 aliphatic heterocycles. The van der Waals surface area contributed by atoms with Crippen LogP contribution in [0.1, 0.15) is 31.4 Å². The van der Waals surface area contributed by atoms with Gasteiger partial charge in [-0.2, -0.15) is 0 Å². The smallest absolute Gasteiger partial charge is 0.163 e. The van der Waals surface area contributed by atoms with Gasteiger partial charge in [-0.1, -0.05) is 60.7 Å². The second-order valence-corrected chi connectivity index (χ2v) is 7.96. The van der Waals surface area contributed by atoms with E-state index in [0.717, 1.165) is 11.1 Å². The van der Waals surface area contributed by atoms with Crippen molar-refractivity contribution in [2.45, 2.75) is 69.8 Å². The van der Waals surface area contributed by atoms with Crippen LogP contribution in [-0.4, -0.2) is 41.4 Å². The molecule has 1 heterocycles. The minimum atomic E-state index is -0.786. The Labute approximate surface area is 166 Å². The Morgan fingerprint density at radius 3 is 2.07 bits per heavy atom. The highest BCUT2D eigenvalue weighted by atomic mass is 16.8. The summed E-state index contributed by atoms with van der Waals surface area (Å²) in [4.78, 5) is 0. The van der Waals surface area contributed by atoms with Gasteiger partial charge < -0.3 is 24.1 Å². The number of hydrogen-bond acceptors (Lipinski definition) is 5. The first-order valence-corrected chi connectivity index (χ1v) is 9.86. The van der Waals surface area contributed by atoms with Gasteiger partial charge in [0.05, 0.1) is 25.4 Å². The van der Waals surface area contributed by atoms with Crippen molar-refractivity contribution in [3.8, 4) is 0 Å². The number of benzene rings is 2. The SMILES string of the molecule is CC1(C)OC2[C@H](C[C@H](OCc3ccccc3)[C@H](O)[C@H]2OCc2ccccc2)O1. The zero-order chi connectivity index (χ0) is 19.6. The van der Waals surface area contributed by atoms with E-state index in [1.807, 2.05) is 74.5 Å². The minimum absolute atomic E-state index is 0.167. The van der Waals surface area contributed by atoms with Crippen LogP contribution in [0.3, 0.4) is 0 Å². The maximum absolute atomic E-state index is 11.0. The molecule has 0 aromatic heterocycles. The van der Waals surface area contributed by atoms with Crippen molar-refractivity contribution < 1.29 is 24.1 Å². The molecule has 1 aliphatic carbocycles. The fraction of sp³-hybridized carbons (Fsp3) is 0.478. The zero-order valence-corrected chi connectivity index (χ0v) is 16.4. The summed E-state index contributed by atoms with van der Waals surface area (Å²) < 4.78 is 24.4. The summed E-state index contributed by atoms with van der Waals surface area (Å²) in [6.07, 6.45) is -1.58. The third-order valence-corrected chi connectivity index (χ3v) is 5.32. The third kappa shape index (κ3) is 4.45. The van der Waals surface area contributed by atoms with E-state index in [9.17, 15) is 5.11 Å². The van der Waals surface area contributed by atoms with Crippen LogP contribution in [0.5, 0.6) is 0 Å². The van der Waals surface area contributed by atoms with Crippen LogP contribution < -0.4 is 0 Å². The molecule has 0 radical (unpaired) electrons. The highest BCUT2D eigenvalue weighted by molar-refractivity contribution is 5.14. The Kier molecular flexibility index (Phi) is 5.80. The zero-order valence-electron chi connectivity index (χ0n) is 16.4. The molecule has 1 saturated carbocycles. The molecule has 1 unspecified atom stereocenters. The van der Waals surface area contributed by atoms with Gasteiger partial charge in [-0.15, -0.1) is 0 Å². The van der Waals surface area contributed by atoms with Crippen LogP contribution in [0.15, 0.2) is 60.7 Å². The van der Waals surface area contributed by atoms with Crippen molar-refractivity contribution in [1.29, 1.82) is 0 Å². The Morgan fingerprint density at radius 2 is 1.46 bits per heavy atom. The lowest BCUT2D eigenvalue weighted by atomic mass is 9.87. The van der Waals surface area contributed by atoms with E-state index in [1.165, 1.54) is 0 Å². The summed E-state index contributed by atoms with van der Waals surface area (Å²) >= 11 is 0. The number of hydrogen-bond donors (Lipinski definition) is 1. The molecule has 2 aliphatic rings. The van der Waals surface area contributed by atoms with E-state index in [4.69, 9.17) is 18.9 Å². The quantitative estimate of drug-likeness (QED) is 0.827. The lowest BCUT2D eigenvalue weighted by molar-refractivity contribution is -0.194. The van der Waals surface area contributed by atoms with Crippen molar-refractivity contribution in [3.05, 3.63) is 71.8 Å². The van der Waals surface area contributed by atoms with Crippen LogP contribution in [-0.2, 0) is 32.2 Å². The number of rotatable bonds is 6. The van der Waals surface area contributed by atoms with Crippen LogP contribution >= 0.6 is 0 Å². The summed E-state index contributed by atoms with van der Waals surface area (Å²) in [5.74, 6) is -0.697. The van der Waals surface area contributed by atoms with Crippen LogP contribution in [0.4, 0.5) is 0 Å². The molecular weight excluding hydrogens is 356 g/mol. The summed E-state index contributed by atoms with van der Waals surface area (Å²) in [5, 5.41) is 11.0. The maximum atomic E-state index is 11.0. The van der Waals surface area contributed by atoms with Gasteiger partial charge in [0.15, 0.2) is 5.79 Å².